The quantitative estimate of drug-likeness (QED) is 0.596. The second-order valence-electron chi connectivity index (χ2n) is 7.44. The van der Waals surface area contributed by atoms with Crippen LogP contribution in [0.15, 0.2) is 36.5 Å². The van der Waals surface area contributed by atoms with Gasteiger partial charge in [0, 0.05) is 24.3 Å². The third-order valence-electron chi connectivity index (χ3n) is 5.49. The van der Waals surface area contributed by atoms with E-state index in [0.717, 1.165) is 44.6 Å². The Morgan fingerprint density at radius 2 is 2.13 bits per heavy atom. The van der Waals surface area contributed by atoms with E-state index in [1.807, 2.05) is 0 Å². The summed E-state index contributed by atoms with van der Waals surface area (Å²) >= 11 is 0. The van der Waals surface area contributed by atoms with Crippen LogP contribution in [0.25, 0.3) is 16.8 Å². The second kappa shape index (κ2) is 8.54. The molecule has 0 saturated carbocycles. The predicted octanol–water partition coefficient (Wildman–Crippen LogP) is 3.85. The van der Waals surface area contributed by atoms with Crippen LogP contribution < -0.4 is 10.1 Å². The van der Waals surface area contributed by atoms with Gasteiger partial charge in [-0.15, -0.1) is 10.2 Å². The topological polar surface area (TPSA) is 71.8 Å². The maximum absolute atomic E-state index is 13.1. The number of benzene rings is 1. The Labute approximate surface area is 176 Å². The summed E-state index contributed by atoms with van der Waals surface area (Å²) in [6, 6.07) is 6.78. The molecule has 3 heterocycles. The smallest absolute Gasteiger partial charge is 0.416 e. The number of piperidine rings is 1. The minimum Gasteiger partial charge on any atom is -0.428 e. The molecule has 1 aliphatic heterocycles. The van der Waals surface area contributed by atoms with Gasteiger partial charge >= 0.3 is 6.18 Å². The molecule has 1 N–H and O–H groups in total. The van der Waals surface area contributed by atoms with Gasteiger partial charge in [-0.05, 0) is 56.3 Å². The van der Waals surface area contributed by atoms with E-state index in [0.29, 0.717) is 17.2 Å². The van der Waals surface area contributed by atoms with Gasteiger partial charge in [0.15, 0.2) is 0 Å². The Morgan fingerprint density at radius 1 is 1.29 bits per heavy atom. The number of nitrogens with one attached hydrogen (secondary N) is 1. The van der Waals surface area contributed by atoms with E-state index >= 15 is 0 Å². The van der Waals surface area contributed by atoms with Crippen molar-refractivity contribution in [3.05, 3.63) is 42.1 Å². The zero-order valence-electron chi connectivity index (χ0n) is 16.9. The van der Waals surface area contributed by atoms with Gasteiger partial charge in [-0.1, -0.05) is 6.92 Å². The summed E-state index contributed by atoms with van der Waals surface area (Å²) in [5, 5.41) is 12.0. The second-order valence-corrected chi connectivity index (χ2v) is 7.44. The van der Waals surface area contributed by atoms with Crippen LogP contribution in [0.4, 0.5) is 19.1 Å². The number of likely N-dealkylation sites (tertiary alicyclic amines) is 1. The van der Waals surface area contributed by atoms with Crippen molar-refractivity contribution >= 4 is 17.9 Å². The number of hydrogen-bond acceptors (Lipinski definition) is 6. The molecule has 1 atom stereocenters. The van der Waals surface area contributed by atoms with Crippen molar-refractivity contribution in [2.75, 3.05) is 25.0 Å². The number of nitrogens with zero attached hydrogens (tertiary/aromatic N) is 4. The van der Waals surface area contributed by atoms with Crippen molar-refractivity contribution < 1.29 is 22.7 Å². The van der Waals surface area contributed by atoms with Crippen LogP contribution in [-0.4, -0.2) is 51.6 Å². The fourth-order valence-electron chi connectivity index (χ4n) is 3.93. The molecule has 0 bridgehead atoms. The lowest BCUT2D eigenvalue weighted by Gasteiger charge is -2.32. The van der Waals surface area contributed by atoms with Crippen LogP contribution in [0, 0.1) is 0 Å². The first-order chi connectivity index (χ1) is 14.9. The Bertz CT molecular complexity index is 1080. The average Bonchev–Trinajstić information content (AvgIpc) is 3.24. The minimum absolute atomic E-state index is 0.0975. The standard InChI is InChI=1S/C21H22F3N5O2/c1-2-28-9-3-5-15(12-28)25-20-27-26-19(17-6-4-10-29(17)20)16-8-7-14(21(22,23)24)11-18(16)31-13-30/h4,6-8,10-11,13,15H,2-3,5,9,12H2,1H3,(H,25,27)/t15-/m1/s1. The van der Waals surface area contributed by atoms with Crippen LogP contribution >= 0.6 is 0 Å². The first-order valence-electron chi connectivity index (χ1n) is 10.0. The molecule has 3 aromatic rings. The third-order valence-corrected chi connectivity index (χ3v) is 5.49. The Balaban J connectivity index is 1.71. The van der Waals surface area contributed by atoms with Gasteiger partial charge < -0.3 is 15.0 Å². The van der Waals surface area contributed by atoms with Crippen molar-refractivity contribution in [1.82, 2.24) is 19.5 Å². The van der Waals surface area contributed by atoms with Crippen LogP contribution in [0.2, 0.25) is 0 Å². The van der Waals surface area contributed by atoms with Crippen LogP contribution in [0.5, 0.6) is 5.75 Å². The lowest BCUT2D eigenvalue weighted by molar-refractivity contribution is -0.138. The van der Waals surface area contributed by atoms with Gasteiger partial charge in [-0.2, -0.15) is 13.2 Å². The molecule has 0 amide bonds. The summed E-state index contributed by atoms with van der Waals surface area (Å²) in [4.78, 5) is 13.3. The number of alkyl halides is 3. The van der Waals surface area contributed by atoms with Crippen molar-refractivity contribution in [1.29, 1.82) is 0 Å². The van der Waals surface area contributed by atoms with Gasteiger partial charge in [0.1, 0.15) is 11.4 Å². The SMILES string of the molecule is CCN1CCC[C@@H](Nc2nnc(-c3ccc(C(F)(F)F)cc3OC=O)c3cccn23)C1. The van der Waals surface area contributed by atoms with E-state index in [1.54, 1.807) is 22.7 Å². The molecule has 0 spiro atoms. The number of hydrogen-bond donors (Lipinski definition) is 1. The normalized spacial score (nSPS) is 17.6. The Hall–Kier alpha value is -3.14. The summed E-state index contributed by atoms with van der Waals surface area (Å²) in [7, 11) is 0. The molecule has 0 aliphatic carbocycles. The highest BCUT2D eigenvalue weighted by Gasteiger charge is 2.32. The average molecular weight is 433 g/mol. The zero-order chi connectivity index (χ0) is 22.0. The lowest BCUT2D eigenvalue weighted by Crippen LogP contribution is -2.42. The highest BCUT2D eigenvalue weighted by molar-refractivity contribution is 5.82. The van der Waals surface area contributed by atoms with Crippen molar-refractivity contribution in [3.63, 3.8) is 0 Å². The number of halogens is 3. The molecule has 0 radical (unpaired) electrons. The highest BCUT2D eigenvalue weighted by Crippen LogP contribution is 2.38. The first-order valence-corrected chi connectivity index (χ1v) is 10.0. The van der Waals surface area contributed by atoms with Gasteiger partial charge in [0.2, 0.25) is 5.95 Å². The molecule has 164 valence electrons. The molecular formula is C21H22F3N5O2. The van der Waals surface area contributed by atoms with Crippen molar-refractivity contribution in [2.24, 2.45) is 0 Å². The number of aromatic nitrogens is 3. The third kappa shape index (κ3) is 4.34. The summed E-state index contributed by atoms with van der Waals surface area (Å²) in [6.45, 7) is 5.18. The summed E-state index contributed by atoms with van der Waals surface area (Å²) < 4.78 is 45.9. The molecule has 2 aromatic heterocycles. The molecule has 10 heteroatoms. The zero-order valence-corrected chi connectivity index (χ0v) is 16.9. The van der Waals surface area contributed by atoms with E-state index < -0.39 is 11.7 Å². The summed E-state index contributed by atoms with van der Waals surface area (Å²) in [6.07, 6.45) is -0.654. The van der Waals surface area contributed by atoms with Gasteiger partial charge in [0.05, 0.1) is 11.1 Å². The molecule has 31 heavy (non-hydrogen) atoms. The van der Waals surface area contributed by atoms with E-state index in [1.165, 1.54) is 6.07 Å². The molecule has 4 rings (SSSR count). The number of anilines is 1. The van der Waals surface area contributed by atoms with E-state index in [4.69, 9.17) is 4.74 Å². The van der Waals surface area contributed by atoms with Crippen molar-refractivity contribution in [2.45, 2.75) is 32.0 Å². The van der Waals surface area contributed by atoms with Gasteiger partial charge in [-0.3, -0.25) is 9.20 Å². The molecule has 7 nitrogen and oxygen atoms in total. The van der Waals surface area contributed by atoms with Gasteiger partial charge in [0.25, 0.3) is 6.47 Å². The molecule has 1 fully saturated rings. The van der Waals surface area contributed by atoms with E-state index in [2.05, 4.69) is 27.3 Å². The summed E-state index contributed by atoms with van der Waals surface area (Å²) in [5.74, 6) is 0.324. The molecule has 0 unspecified atom stereocenters. The fourth-order valence-corrected chi connectivity index (χ4v) is 3.93. The molecule has 1 aliphatic rings. The monoisotopic (exact) mass is 433 g/mol. The van der Waals surface area contributed by atoms with E-state index in [9.17, 15) is 18.0 Å². The Morgan fingerprint density at radius 3 is 2.87 bits per heavy atom. The van der Waals surface area contributed by atoms with Crippen LogP contribution in [0.1, 0.15) is 25.3 Å². The number of fused-ring (bicyclic) bond motifs is 1. The molecular weight excluding hydrogens is 411 g/mol. The van der Waals surface area contributed by atoms with E-state index in [-0.39, 0.29) is 23.8 Å². The summed E-state index contributed by atoms with van der Waals surface area (Å²) in [5.41, 5.74) is 0.289. The number of ether oxygens (including phenoxy) is 1. The maximum Gasteiger partial charge on any atom is 0.416 e. The number of carbonyl (C=O) groups is 1. The van der Waals surface area contributed by atoms with Crippen LogP contribution in [0.3, 0.4) is 0 Å². The minimum atomic E-state index is -4.56. The maximum atomic E-state index is 13.1. The lowest BCUT2D eigenvalue weighted by atomic mass is 10.1. The van der Waals surface area contributed by atoms with Gasteiger partial charge in [-0.25, -0.2) is 0 Å². The first kappa shape index (κ1) is 21.1. The Kier molecular flexibility index (Phi) is 5.81. The predicted molar refractivity (Wildman–Crippen MR) is 109 cm³/mol. The fraction of sp³-hybridized carbons (Fsp3) is 0.381. The molecule has 1 aromatic carbocycles. The largest absolute Gasteiger partial charge is 0.428 e. The van der Waals surface area contributed by atoms with Crippen LogP contribution in [-0.2, 0) is 11.0 Å². The number of rotatable bonds is 6. The highest BCUT2D eigenvalue weighted by atomic mass is 19.4. The number of carbonyl (C=O) groups excluding carboxylic acids is 1. The molecule has 1 saturated heterocycles. The number of likely N-dealkylation sites (N-methyl/N-ethyl adjacent to an activating group) is 1. The van der Waals surface area contributed by atoms with Crippen molar-refractivity contribution in [3.8, 4) is 17.0 Å².